The Balaban J connectivity index is 2.79. The van der Waals surface area contributed by atoms with E-state index in [4.69, 9.17) is 0 Å². The van der Waals surface area contributed by atoms with Crippen LogP contribution in [0.1, 0.15) is 18.3 Å². The molecule has 0 bridgehead atoms. The molecule has 0 amide bonds. The molecule has 1 aromatic heterocycles. The Hall–Kier alpha value is -1.03. The third-order valence-corrected chi connectivity index (χ3v) is 1.89. The molecule has 0 fully saturated rings. The van der Waals surface area contributed by atoms with Crippen LogP contribution in [0.5, 0.6) is 0 Å². The predicted octanol–water partition coefficient (Wildman–Crippen LogP) is 1.96. The van der Waals surface area contributed by atoms with Gasteiger partial charge in [0, 0.05) is 25.6 Å². The van der Waals surface area contributed by atoms with Gasteiger partial charge in [0.25, 0.3) is 5.92 Å². The minimum atomic E-state index is -2.85. The van der Waals surface area contributed by atoms with Crippen LogP contribution < -0.4 is 5.32 Å². The molecular weight excluding hydrogens is 186 g/mol. The number of rotatable bonds is 4. The van der Waals surface area contributed by atoms with Gasteiger partial charge < -0.3 is 5.32 Å². The van der Waals surface area contributed by atoms with Crippen LogP contribution in [-0.2, 0) is 12.3 Å². The minimum Gasteiger partial charge on any atom is -0.319 e. The number of likely N-dealkylation sites (N-methyl/N-ethyl adjacent to an activating group) is 1. The average Bonchev–Trinajstić information content (AvgIpc) is 2.14. The SMILES string of the molecule is CNCCc1cccc(C(C)(F)F)n1. The van der Waals surface area contributed by atoms with Crippen LogP contribution in [0.25, 0.3) is 0 Å². The molecule has 0 aliphatic heterocycles. The van der Waals surface area contributed by atoms with Gasteiger partial charge in [0.05, 0.1) is 0 Å². The van der Waals surface area contributed by atoms with E-state index in [1.54, 1.807) is 12.1 Å². The Bertz CT molecular complexity index is 294. The Morgan fingerprint density at radius 3 is 2.71 bits per heavy atom. The summed E-state index contributed by atoms with van der Waals surface area (Å²) in [5.41, 5.74) is 0.532. The van der Waals surface area contributed by atoms with E-state index in [0.29, 0.717) is 12.1 Å². The monoisotopic (exact) mass is 200 g/mol. The van der Waals surface area contributed by atoms with Gasteiger partial charge >= 0.3 is 0 Å². The molecule has 2 nitrogen and oxygen atoms in total. The molecule has 0 aliphatic rings. The molecule has 0 radical (unpaired) electrons. The molecule has 1 aromatic rings. The van der Waals surface area contributed by atoms with Crippen molar-refractivity contribution in [2.45, 2.75) is 19.3 Å². The van der Waals surface area contributed by atoms with Gasteiger partial charge in [0.2, 0.25) is 0 Å². The van der Waals surface area contributed by atoms with Crippen molar-refractivity contribution in [2.75, 3.05) is 13.6 Å². The van der Waals surface area contributed by atoms with E-state index in [0.717, 1.165) is 13.5 Å². The van der Waals surface area contributed by atoms with E-state index in [-0.39, 0.29) is 5.69 Å². The first-order valence-electron chi connectivity index (χ1n) is 4.53. The number of hydrogen-bond donors (Lipinski definition) is 1. The van der Waals surface area contributed by atoms with Crippen LogP contribution >= 0.6 is 0 Å². The number of hydrogen-bond acceptors (Lipinski definition) is 2. The Kier molecular flexibility index (Phi) is 3.52. The average molecular weight is 200 g/mol. The largest absolute Gasteiger partial charge is 0.319 e. The second-order valence-electron chi connectivity index (χ2n) is 3.26. The summed E-state index contributed by atoms with van der Waals surface area (Å²) < 4.78 is 25.8. The van der Waals surface area contributed by atoms with Gasteiger partial charge in [-0.2, -0.15) is 8.78 Å². The second kappa shape index (κ2) is 4.46. The normalized spacial score (nSPS) is 11.7. The molecule has 1 N–H and O–H groups in total. The fourth-order valence-electron chi connectivity index (χ4n) is 1.12. The molecule has 0 atom stereocenters. The summed E-state index contributed by atoms with van der Waals surface area (Å²) in [5.74, 6) is -2.85. The van der Waals surface area contributed by atoms with E-state index in [1.165, 1.54) is 6.07 Å². The Labute approximate surface area is 82.4 Å². The molecule has 78 valence electrons. The van der Waals surface area contributed by atoms with Crippen molar-refractivity contribution in [3.05, 3.63) is 29.6 Å². The van der Waals surface area contributed by atoms with E-state index >= 15 is 0 Å². The number of nitrogens with one attached hydrogen (secondary N) is 1. The lowest BCUT2D eigenvalue weighted by atomic mass is 10.2. The van der Waals surface area contributed by atoms with Crippen molar-refractivity contribution in [1.82, 2.24) is 10.3 Å². The van der Waals surface area contributed by atoms with Crippen LogP contribution in [0, 0.1) is 0 Å². The molecule has 1 rings (SSSR count). The standard InChI is InChI=1S/C10H14F2N2/c1-10(11,12)9-5-3-4-8(14-9)6-7-13-2/h3-5,13H,6-7H2,1-2H3. The third kappa shape index (κ3) is 3.03. The van der Waals surface area contributed by atoms with Crippen molar-refractivity contribution in [3.63, 3.8) is 0 Å². The van der Waals surface area contributed by atoms with E-state index < -0.39 is 5.92 Å². The topological polar surface area (TPSA) is 24.9 Å². The molecule has 0 saturated carbocycles. The molecule has 4 heteroatoms. The van der Waals surface area contributed by atoms with Crippen LogP contribution in [0.15, 0.2) is 18.2 Å². The lowest BCUT2D eigenvalue weighted by Crippen LogP contribution is -2.14. The van der Waals surface area contributed by atoms with Crippen molar-refractivity contribution in [2.24, 2.45) is 0 Å². The van der Waals surface area contributed by atoms with Gasteiger partial charge in [-0.25, -0.2) is 0 Å². The molecular formula is C10H14F2N2. The number of alkyl halides is 2. The summed E-state index contributed by atoms with van der Waals surface area (Å²) in [4.78, 5) is 3.89. The summed E-state index contributed by atoms with van der Waals surface area (Å²) in [6.07, 6.45) is 0.667. The number of aromatic nitrogens is 1. The fourth-order valence-corrected chi connectivity index (χ4v) is 1.12. The van der Waals surface area contributed by atoms with Gasteiger partial charge in [0.15, 0.2) is 0 Å². The highest BCUT2D eigenvalue weighted by atomic mass is 19.3. The van der Waals surface area contributed by atoms with E-state index in [1.807, 2.05) is 7.05 Å². The molecule has 0 unspecified atom stereocenters. The highest BCUT2D eigenvalue weighted by Gasteiger charge is 2.25. The first-order valence-corrected chi connectivity index (χ1v) is 4.53. The van der Waals surface area contributed by atoms with Crippen molar-refractivity contribution in [1.29, 1.82) is 0 Å². The number of nitrogens with zero attached hydrogens (tertiary/aromatic N) is 1. The first kappa shape index (κ1) is 11.0. The summed E-state index contributed by atoms with van der Waals surface area (Å²) in [6.45, 7) is 1.60. The van der Waals surface area contributed by atoms with Gasteiger partial charge in [0.1, 0.15) is 5.69 Å². The van der Waals surface area contributed by atoms with Crippen molar-refractivity contribution in [3.8, 4) is 0 Å². The Morgan fingerprint density at radius 2 is 2.14 bits per heavy atom. The second-order valence-corrected chi connectivity index (χ2v) is 3.26. The minimum absolute atomic E-state index is 0.161. The number of pyridine rings is 1. The zero-order valence-electron chi connectivity index (χ0n) is 8.35. The van der Waals surface area contributed by atoms with Crippen molar-refractivity contribution >= 4 is 0 Å². The van der Waals surface area contributed by atoms with E-state index in [9.17, 15) is 8.78 Å². The quantitative estimate of drug-likeness (QED) is 0.803. The van der Waals surface area contributed by atoms with Crippen molar-refractivity contribution < 1.29 is 8.78 Å². The third-order valence-electron chi connectivity index (χ3n) is 1.89. The highest BCUT2D eigenvalue weighted by Crippen LogP contribution is 2.24. The lowest BCUT2D eigenvalue weighted by Gasteiger charge is -2.10. The maximum atomic E-state index is 12.9. The molecule has 1 heterocycles. The summed E-state index contributed by atoms with van der Waals surface area (Å²) in [5, 5.41) is 2.95. The predicted molar refractivity (Wildman–Crippen MR) is 51.4 cm³/mol. The lowest BCUT2D eigenvalue weighted by molar-refractivity contribution is 0.0126. The first-order chi connectivity index (χ1) is 6.54. The van der Waals surface area contributed by atoms with Gasteiger partial charge in [-0.1, -0.05) is 6.07 Å². The van der Waals surface area contributed by atoms with Crippen LogP contribution in [-0.4, -0.2) is 18.6 Å². The fraction of sp³-hybridized carbons (Fsp3) is 0.500. The van der Waals surface area contributed by atoms with Gasteiger partial charge in [-0.3, -0.25) is 4.98 Å². The molecule has 0 saturated heterocycles. The molecule has 0 spiro atoms. The highest BCUT2D eigenvalue weighted by molar-refractivity contribution is 5.14. The molecule has 0 aromatic carbocycles. The Morgan fingerprint density at radius 1 is 1.43 bits per heavy atom. The smallest absolute Gasteiger partial charge is 0.286 e. The molecule has 0 aliphatic carbocycles. The zero-order chi connectivity index (χ0) is 10.6. The van der Waals surface area contributed by atoms with Gasteiger partial charge in [-0.15, -0.1) is 0 Å². The zero-order valence-corrected chi connectivity index (χ0v) is 8.35. The maximum Gasteiger partial charge on any atom is 0.286 e. The summed E-state index contributed by atoms with van der Waals surface area (Å²) in [7, 11) is 1.82. The molecule has 14 heavy (non-hydrogen) atoms. The van der Waals surface area contributed by atoms with Crippen LogP contribution in [0.4, 0.5) is 8.78 Å². The van der Waals surface area contributed by atoms with Crippen LogP contribution in [0.3, 0.4) is 0 Å². The number of halogens is 2. The summed E-state index contributed by atoms with van der Waals surface area (Å²) >= 11 is 0. The van der Waals surface area contributed by atoms with Crippen LogP contribution in [0.2, 0.25) is 0 Å². The van der Waals surface area contributed by atoms with Gasteiger partial charge in [-0.05, 0) is 19.2 Å². The van der Waals surface area contributed by atoms with E-state index in [2.05, 4.69) is 10.3 Å². The summed E-state index contributed by atoms with van der Waals surface area (Å²) in [6, 6.07) is 4.72. The maximum absolute atomic E-state index is 12.9.